The standard InChI is InChI=1S/C13H15N3O6/c17-11(18)5-4-9(13(19)20)14-15-7-6-8-2-1-3-10(12(8)15)16(21)22/h1-3,9,14H,4-7H2,(H,17,18)(H,19,20). The van der Waals surface area contributed by atoms with Gasteiger partial charge >= 0.3 is 11.9 Å². The van der Waals surface area contributed by atoms with Crippen molar-refractivity contribution < 1.29 is 24.7 Å². The molecule has 0 fully saturated rings. The summed E-state index contributed by atoms with van der Waals surface area (Å²) in [6.07, 6.45) is 0.133. The zero-order valence-corrected chi connectivity index (χ0v) is 11.6. The first-order valence-corrected chi connectivity index (χ1v) is 6.64. The average molecular weight is 309 g/mol. The number of nitrogens with zero attached hydrogens (tertiary/aromatic N) is 2. The van der Waals surface area contributed by atoms with Crippen LogP contribution in [0.1, 0.15) is 18.4 Å². The molecule has 9 heteroatoms. The predicted molar refractivity (Wildman–Crippen MR) is 75.6 cm³/mol. The topological polar surface area (TPSA) is 133 Å². The van der Waals surface area contributed by atoms with Gasteiger partial charge in [0.15, 0.2) is 0 Å². The van der Waals surface area contributed by atoms with Crippen LogP contribution in [0.5, 0.6) is 0 Å². The fourth-order valence-electron chi connectivity index (χ4n) is 2.41. The second-order valence-electron chi connectivity index (χ2n) is 4.90. The van der Waals surface area contributed by atoms with E-state index in [0.717, 1.165) is 5.56 Å². The van der Waals surface area contributed by atoms with Crippen molar-refractivity contribution in [1.29, 1.82) is 0 Å². The fourth-order valence-corrected chi connectivity index (χ4v) is 2.41. The third-order valence-electron chi connectivity index (χ3n) is 3.43. The first kappa shape index (κ1) is 15.7. The second-order valence-corrected chi connectivity index (χ2v) is 4.90. The molecular formula is C13H15N3O6. The van der Waals surface area contributed by atoms with E-state index >= 15 is 0 Å². The zero-order valence-electron chi connectivity index (χ0n) is 11.6. The van der Waals surface area contributed by atoms with Crippen LogP contribution in [-0.4, -0.2) is 39.7 Å². The van der Waals surface area contributed by atoms with Gasteiger partial charge in [-0.3, -0.25) is 19.7 Å². The van der Waals surface area contributed by atoms with E-state index in [1.165, 1.54) is 11.1 Å². The number of aliphatic carboxylic acids is 2. The van der Waals surface area contributed by atoms with Crippen LogP contribution in [0.4, 0.5) is 11.4 Å². The first-order valence-electron chi connectivity index (χ1n) is 6.64. The molecule has 1 aromatic rings. The van der Waals surface area contributed by atoms with Crippen molar-refractivity contribution in [3.8, 4) is 0 Å². The highest BCUT2D eigenvalue weighted by atomic mass is 16.6. The van der Waals surface area contributed by atoms with E-state index in [1.54, 1.807) is 12.1 Å². The van der Waals surface area contributed by atoms with E-state index in [9.17, 15) is 19.7 Å². The molecular weight excluding hydrogens is 294 g/mol. The van der Waals surface area contributed by atoms with Crippen LogP contribution in [0.25, 0.3) is 0 Å². The number of hydrogen-bond donors (Lipinski definition) is 3. The summed E-state index contributed by atoms with van der Waals surface area (Å²) in [5.41, 5.74) is 3.68. The number of nitrogens with one attached hydrogen (secondary N) is 1. The molecule has 2 rings (SSSR count). The Morgan fingerprint density at radius 2 is 2.14 bits per heavy atom. The van der Waals surface area contributed by atoms with Gasteiger partial charge in [-0.15, -0.1) is 0 Å². The van der Waals surface area contributed by atoms with Gasteiger partial charge in [0.2, 0.25) is 0 Å². The van der Waals surface area contributed by atoms with Crippen molar-refractivity contribution in [2.75, 3.05) is 11.6 Å². The Morgan fingerprint density at radius 3 is 2.73 bits per heavy atom. The third-order valence-corrected chi connectivity index (χ3v) is 3.43. The van der Waals surface area contributed by atoms with Gasteiger partial charge in [-0.05, 0) is 18.4 Å². The number of hydrogen-bond acceptors (Lipinski definition) is 6. The van der Waals surface area contributed by atoms with Crippen LogP contribution in [-0.2, 0) is 16.0 Å². The number of fused-ring (bicyclic) bond motifs is 1. The molecule has 0 aromatic heterocycles. The molecule has 0 saturated heterocycles. The molecule has 9 nitrogen and oxygen atoms in total. The molecule has 118 valence electrons. The molecule has 1 aliphatic heterocycles. The Bertz CT molecular complexity index is 618. The number of hydrazine groups is 1. The number of nitro groups is 1. The number of carbonyl (C=O) groups is 2. The molecule has 0 amide bonds. The molecule has 3 N–H and O–H groups in total. The van der Waals surface area contributed by atoms with Gasteiger partial charge in [-0.25, -0.2) is 5.43 Å². The SMILES string of the molecule is O=C(O)CCC(NN1CCc2cccc([N+](=O)[O-])c21)C(=O)O. The fraction of sp³-hybridized carbons (Fsp3) is 0.385. The van der Waals surface area contributed by atoms with E-state index in [0.29, 0.717) is 18.7 Å². The Hall–Kier alpha value is -2.68. The van der Waals surface area contributed by atoms with Gasteiger partial charge in [0.05, 0.1) is 4.92 Å². The molecule has 0 aliphatic carbocycles. The quantitative estimate of drug-likeness (QED) is 0.497. The summed E-state index contributed by atoms with van der Waals surface area (Å²) in [7, 11) is 0. The van der Waals surface area contributed by atoms with Gasteiger partial charge in [-0.1, -0.05) is 12.1 Å². The van der Waals surface area contributed by atoms with Crippen molar-refractivity contribution in [2.45, 2.75) is 25.3 Å². The Morgan fingerprint density at radius 1 is 1.41 bits per heavy atom. The number of carboxylic acids is 2. The maximum absolute atomic E-state index is 11.2. The number of anilines is 1. The maximum atomic E-state index is 11.2. The van der Waals surface area contributed by atoms with E-state index in [4.69, 9.17) is 10.2 Å². The monoisotopic (exact) mass is 309 g/mol. The molecule has 22 heavy (non-hydrogen) atoms. The average Bonchev–Trinajstić information content (AvgIpc) is 2.85. The molecule has 1 atom stereocenters. The van der Waals surface area contributed by atoms with Crippen molar-refractivity contribution in [2.24, 2.45) is 0 Å². The minimum absolute atomic E-state index is 0.107. The first-order chi connectivity index (χ1) is 10.4. The highest BCUT2D eigenvalue weighted by Gasteiger charge is 2.31. The van der Waals surface area contributed by atoms with Crippen LogP contribution in [0.2, 0.25) is 0 Å². The van der Waals surface area contributed by atoms with Gasteiger partial charge in [0, 0.05) is 19.0 Å². The summed E-state index contributed by atoms with van der Waals surface area (Å²) in [6.45, 7) is 0.386. The molecule has 0 saturated carbocycles. The van der Waals surface area contributed by atoms with Crippen LogP contribution < -0.4 is 10.4 Å². The number of rotatable bonds is 7. The highest BCUT2D eigenvalue weighted by molar-refractivity contribution is 5.76. The minimum Gasteiger partial charge on any atom is -0.481 e. The Labute approximate surface area is 125 Å². The zero-order chi connectivity index (χ0) is 16.3. The highest BCUT2D eigenvalue weighted by Crippen LogP contribution is 2.35. The van der Waals surface area contributed by atoms with Gasteiger partial charge in [-0.2, -0.15) is 0 Å². The number of nitro benzene ring substituents is 1. The van der Waals surface area contributed by atoms with E-state index in [1.807, 2.05) is 0 Å². The van der Waals surface area contributed by atoms with Crippen molar-refractivity contribution in [3.05, 3.63) is 33.9 Å². The summed E-state index contributed by atoms with van der Waals surface area (Å²) >= 11 is 0. The molecule has 0 spiro atoms. The minimum atomic E-state index is -1.20. The molecule has 1 aliphatic rings. The van der Waals surface area contributed by atoms with Crippen LogP contribution in [0, 0.1) is 10.1 Å². The van der Waals surface area contributed by atoms with E-state index in [-0.39, 0.29) is 18.5 Å². The number of para-hydroxylation sites is 1. The van der Waals surface area contributed by atoms with E-state index < -0.39 is 22.9 Å². The lowest BCUT2D eigenvalue weighted by atomic mass is 10.1. The lowest BCUT2D eigenvalue weighted by Gasteiger charge is -2.24. The largest absolute Gasteiger partial charge is 0.481 e. The lowest BCUT2D eigenvalue weighted by molar-refractivity contribution is -0.384. The lowest BCUT2D eigenvalue weighted by Crippen LogP contribution is -2.48. The summed E-state index contributed by atoms with van der Waals surface area (Å²) in [5.74, 6) is -2.30. The molecule has 0 radical (unpaired) electrons. The number of carboxylic acid groups (broad SMARTS) is 2. The maximum Gasteiger partial charge on any atom is 0.322 e. The Kier molecular flexibility index (Phi) is 4.56. The van der Waals surface area contributed by atoms with Gasteiger partial charge in [0.25, 0.3) is 5.69 Å². The van der Waals surface area contributed by atoms with Crippen LogP contribution >= 0.6 is 0 Å². The number of benzene rings is 1. The van der Waals surface area contributed by atoms with Crippen LogP contribution in [0.15, 0.2) is 18.2 Å². The van der Waals surface area contributed by atoms with Crippen LogP contribution in [0.3, 0.4) is 0 Å². The smallest absolute Gasteiger partial charge is 0.322 e. The molecule has 1 aromatic carbocycles. The molecule has 1 heterocycles. The summed E-state index contributed by atoms with van der Waals surface area (Å²) in [5, 5.41) is 30.3. The van der Waals surface area contributed by atoms with Gasteiger partial charge in [0.1, 0.15) is 11.7 Å². The summed E-state index contributed by atoms with van der Waals surface area (Å²) < 4.78 is 0. The van der Waals surface area contributed by atoms with E-state index in [2.05, 4.69) is 5.43 Å². The normalized spacial score (nSPS) is 14.5. The predicted octanol–water partition coefficient (Wildman–Crippen LogP) is 0.780. The molecule has 0 bridgehead atoms. The summed E-state index contributed by atoms with van der Waals surface area (Å²) in [4.78, 5) is 32.4. The molecule has 1 unspecified atom stereocenters. The van der Waals surface area contributed by atoms with Crippen molar-refractivity contribution >= 4 is 23.3 Å². The van der Waals surface area contributed by atoms with Crippen molar-refractivity contribution in [1.82, 2.24) is 5.43 Å². The van der Waals surface area contributed by atoms with Gasteiger partial charge < -0.3 is 15.2 Å². The van der Waals surface area contributed by atoms with Crippen molar-refractivity contribution in [3.63, 3.8) is 0 Å². The Balaban J connectivity index is 2.20. The summed E-state index contributed by atoms with van der Waals surface area (Å²) in [6, 6.07) is 3.56. The second kappa shape index (κ2) is 6.39. The third kappa shape index (κ3) is 3.31.